The van der Waals surface area contributed by atoms with Gasteiger partial charge in [-0.15, -0.1) is 0 Å². The van der Waals surface area contributed by atoms with E-state index in [1.165, 1.54) is 25.0 Å². The largest absolute Gasteiger partial charge is 0.489 e. The van der Waals surface area contributed by atoms with Crippen LogP contribution in [0.3, 0.4) is 0 Å². The summed E-state index contributed by atoms with van der Waals surface area (Å²) in [5.41, 5.74) is 1.95. The van der Waals surface area contributed by atoms with Crippen molar-refractivity contribution in [3.8, 4) is 22.8 Å². The summed E-state index contributed by atoms with van der Waals surface area (Å²) in [6.07, 6.45) is 5.02. The molecule has 1 saturated carbocycles. The number of pyridine rings is 1. The first-order chi connectivity index (χ1) is 15.8. The van der Waals surface area contributed by atoms with E-state index in [0.717, 1.165) is 23.4 Å². The Hall–Kier alpha value is -3.46. The number of carbonyl (C=O) groups is 1. The number of carbonyl (C=O) groups excluding carboxylic acids is 1. The molecule has 1 fully saturated rings. The zero-order valence-corrected chi connectivity index (χ0v) is 18.8. The minimum atomic E-state index is -3.78. The average Bonchev–Trinajstić information content (AvgIpc) is 3.60. The van der Waals surface area contributed by atoms with Crippen LogP contribution in [-0.2, 0) is 16.6 Å². The molecule has 0 atom stereocenters. The summed E-state index contributed by atoms with van der Waals surface area (Å²) in [5.74, 6) is -0.00181. The lowest BCUT2D eigenvalue weighted by Crippen LogP contribution is -2.30. The van der Waals surface area contributed by atoms with Crippen LogP contribution < -0.4 is 14.2 Å². The maximum absolute atomic E-state index is 14.3. The predicted octanol–water partition coefficient (Wildman–Crippen LogP) is 3.94. The first-order valence-electron chi connectivity index (χ1n) is 10.4. The Labute approximate surface area is 191 Å². The van der Waals surface area contributed by atoms with E-state index in [1.54, 1.807) is 17.0 Å². The number of aromatic nitrogens is 1. The fourth-order valence-electron chi connectivity index (χ4n) is 3.11. The molecule has 0 bridgehead atoms. The van der Waals surface area contributed by atoms with Gasteiger partial charge >= 0.3 is 0 Å². The number of sulfonamides is 1. The lowest BCUT2D eigenvalue weighted by atomic mass is 10.1. The summed E-state index contributed by atoms with van der Waals surface area (Å²) in [5, 5.41) is 0. The van der Waals surface area contributed by atoms with Gasteiger partial charge in [-0.1, -0.05) is 18.2 Å². The Morgan fingerprint density at radius 1 is 1.09 bits per heavy atom. The van der Waals surface area contributed by atoms with Gasteiger partial charge in [0.2, 0.25) is 15.9 Å². The summed E-state index contributed by atoms with van der Waals surface area (Å²) >= 11 is 0. The van der Waals surface area contributed by atoms with Crippen molar-refractivity contribution in [2.24, 2.45) is 5.92 Å². The van der Waals surface area contributed by atoms with Crippen LogP contribution in [0.2, 0.25) is 0 Å². The third-order valence-electron chi connectivity index (χ3n) is 5.03. The van der Waals surface area contributed by atoms with Crippen molar-refractivity contribution in [1.82, 2.24) is 9.71 Å². The molecule has 9 heteroatoms. The zero-order valence-electron chi connectivity index (χ0n) is 18.0. The number of ether oxygens (including phenoxy) is 2. The molecule has 0 saturated heterocycles. The van der Waals surface area contributed by atoms with Crippen molar-refractivity contribution in [2.45, 2.75) is 19.4 Å². The third-order valence-corrected chi connectivity index (χ3v) is 5.59. The molecule has 1 aliphatic carbocycles. The van der Waals surface area contributed by atoms with E-state index >= 15 is 0 Å². The van der Waals surface area contributed by atoms with Crippen LogP contribution in [0.4, 0.5) is 4.39 Å². The highest BCUT2D eigenvalue weighted by atomic mass is 32.2. The molecule has 1 aliphatic rings. The Morgan fingerprint density at radius 3 is 2.58 bits per heavy atom. The van der Waals surface area contributed by atoms with E-state index in [9.17, 15) is 17.6 Å². The first kappa shape index (κ1) is 22.7. The van der Waals surface area contributed by atoms with E-state index in [2.05, 4.69) is 4.98 Å². The standard InChI is InChI=1S/C24H23FN2O5S/c1-33(29,30)27-24(28)21-9-7-17(11-22(21)25)15-31-20-4-2-3-18(12-20)19-8-10-23(26-13-19)32-14-16-5-6-16/h2-4,7-13,16H,5-6,14-15H2,1H3,(H,27,28). The monoisotopic (exact) mass is 470 g/mol. The second-order valence-corrected chi connectivity index (χ2v) is 9.72. The highest BCUT2D eigenvalue weighted by Gasteiger charge is 2.22. The molecule has 3 aromatic rings. The summed E-state index contributed by atoms with van der Waals surface area (Å²) in [6, 6.07) is 15.1. The van der Waals surface area contributed by atoms with Gasteiger partial charge in [-0.3, -0.25) is 4.79 Å². The average molecular weight is 471 g/mol. The highest BCUT2D eigenvalue weighted by molar-refractivity contribution is 7.89. The Bertz CT molecular complexity index is 1260. The van der Waals surface area contributed by atoms with Crippen molar-refractivity contribution in [3.63, 3.8) is 0 Å². The lowest BCUT2D eigenvalue weighted by molar-refractivity contribution is 0.0977. The van der Waals surface area contributed by atoms with Crippen LogP contribution in [-0.4, -0.2) is 32.2 Å². The Morgan fingerprint density at radius 2 is 1.91 bits per heavy atom. The van der Waals surface area contributed by atoms with Gasteiger partial charge in [0.1, 0.15) is 18.2 Å². The number of rotatable bonds is 9. The minimum absolute atomic E-state index is 0.0700. The van der Waals surface area contributed by atoms with Crippen molar-refractivity contribution >= 4 is 15.9 Å². The fraction of sp³-hybridized carbons (Fsp3) is 0.250. The Balaban J connectivity index is 1.38. The number of nitrogens with zero attached hydrogens (tertiary/aromatic N) is 1. The number of nitrogens with one attached hydrogen (secondary N) is 1. The maximum Gasteiger partial charge on any atom is 0.267 e. The molecule has 7 nitrogen and oxygen atoms in total. The lowest BCUT2D eigenvalue weighted by Gasteiger charge is -2.10. The molecule has 0 aliphatic heterocycles. The van der Waals surface area contributed by atoms with Gasteiger partial charge in [-0.2, -0.15) is 0 Å². The SMILES string of the molecule is CS(=O)(=O)NC(=O)c1ccc(COc2cccc(-c3ccc(OCC4CC4)nc3)c2)cc1F. The van der Waals surface area contributed by atoms with E-state index in [1.807, 2.05) is 30.3 Å². The van der Waals surface area contributed by atoms with Gasteiger partial charge in [0.05, 0.1) is 18.4 Å². The van der Waals surface area contributed by atoms with Gasteiger partial charge in [0.15, 0.2) is 0 Å². The van der Waals surface area contributed by atoms with Crippen LogP contribution in [0.15, 0.2) is 60.8 Å². The molecular weight excluding hydrogens is 447 g/mol. The molecule has 33 heavy (non-hydrogen) atoms. The Kier molecular flexibility index (Phi) is 6.60. The molecule has 0 radical (unpaired) electrons. The second-order valence-electron chi connectivity index (χ2n) is 7.97. The van der Waals surface area contributed by atoms with E-state index < -0.39 is 21.7 Å². The van der Waals surface area contributed by atoms with Crippen molar-refractivity contribution in [1.29, 1.82) is 0 Å². The van der Waals surface area contributed by atoms with Gasteiger partial charge in [-0.25, -0.2) is 22.5 Å². The van der Waals surface area contributed by atoms with Gasteiger partial charge < -0.3 is 9.47 Å². The summed E-state index contributed by atoms with van der Waals surface area (Å²) in [7, 11) is -3.78. The number of amides is 1. The highest BCUT2D eigenvalue weighted by Crippen LogP contribution is 2.30. The van der Waals surface area contributed by atoms with Crippen LogP contribution >= 0.6 is 0 Å². The molecule has 1 amide bonds. The predicted molar refractivity (Wildman–Crippen MR) is 121 cm³/mol. The quantitative estimate of drug-likeness (QED) is 0.509. The topological polar surface area (TPSA) is 94.6 Å². The third kappa shape index (κ3) is 6.52. The van der Waals surface area contributed by atoms with Gasteiger partial charge in [-0.05, 0) is 60.2 Å². The normalized spacial score (nSPS) is 13.4. The van der Waals surface area contributed by atoms with Crippen LogP contribution in [0.5, 0.6) is 11.6 Å². The number of hydrogen-bond acceptors (Lipinski definition) is 6. The van der Waals surface area contributed by atoms with Gasteiger partial charge in [0, 0.05) is 17.8 Å². The summed E-state index contributed by atoms with van der Waals surface area (Å²) in [6.45, 7) is 0.778. The number of hydrogen-bond donors (Lipinski definition) is 1. The molecule has 172 valence electrons. The van der Waals surface area contributed by atoms with Gasteiger partial charge in [0.25, 0.3) is 5.91 Å². The molecule has 4 rings (SSSR count). The summed E-state index contributed by atoms with van der Waals surface area (Å²) in [4.78, 5) is 16.2. The van der Waals surface area contributed by atoms with E-state index in [-0.39, 0.29) is 12.2 Å². The maximum atomic E-state index is 14.3. The van der Waals surface area contributed by atoms with Crippen LogP contribution in [0, 0.1) is 11.7 Å². The molecule has 2 aromatic carbocycles. The number of halogens is 1. The summed E-state index contributed by atoms with van der Waals surface area (Å²) < 4.78 is 49.8. The van der Waals surface area contributed by atoms with Crippen LogP contribution in [0.1, 0.15) is 28.8 Å². The fourth-order valence-corrected chi connectivity index (χ4v) is 3.56. The smallest absolute Gasteiger partial charge is 0.267 e. The first-order valence-corrected chi connectivity index (χ1v) is 12.3. The van der Waals surface area contributed by atoms with E-state index in [4.69, 9.17) is 9.47 Å². The second kappa shape index (κ2) is 9.58. The van der Waals surface area contributed by atoms with Crippen molar-refractivity contribution in [3.05, 3.63) is 77.7 Å². The molecular formula is C24H23FN2O5S. The molecule has 0 spiro atoms. The van der Waals surface area contributed by atoms with Crippen LogP contribution in [0.25, 0.3) is 11.1 Å². The molecule has 1 heterocycles. The van der Waals surface area contributed by atoms with Crippen molar-refractivity contribution < 1.29 is 27.1 Å². The molecule has 1 N–H and O–H groups in total. The van der Waals surface area contributed by atoms with E-state index in [0.29, 0.717) is 29.7 Å². The molecule has 0 unspecified atom stereocenters. The number of benzene rings is 2. The molecule has 1 aromatic heterocycles. The minimum Gasteiger partial charge on any atom is -0.489 e. The van der Waals surface area contributed by atoms with Crippen molar-refractivity contribution in [2.75, 3.05) is 12.9 Å². The zero-order chi connectivity index (χ0) is 23.4.